The molecule has 2 aromatic rings. The van der Waals surface area contributed by atoms with Crippen molar-refractivity contribution in [1.82, 2.24) is 4.98 Å². The first-order valence-electron chi connectivity index (χ1n) is 7.79. The molecule has 0 bridgehead atoms. The molecule has 0 saturated heterocycles. The number of rotatable bonds is 9. The fraction of sp³-hybridized carbons (Fsp3) is 0.412. The fourth-order valence-electron chi connectivity index (χ4n) is 2.72. The van der Waals surface area contributed by atoms with Gasteiger partial charge in [-0.2, -0.15) is 0 Å². The van der Waals surface area contributed by atoms with Gasteiger partial charge in [-0.05, 0) is 37.4 Å². The molecule has 2 rings (SSSR count). The summed E-state index contributed by atoms with van der Waals surface area (Å²) in [5.74, 6) is -1.90. The van der Waals surface area contributed by atoms with Crippen LogP contribution in [0.1, 0.15) is 24.8 Å². The van der Waals surface area contributed by atoms with Crippen molar-refractivity contribution in [3.63, 3.8) is 0 Å². The van der Waals surface area contributed by atoms with Crippen LogP contribution < -0.4 is 11.5 Å². The summed E-state index contributed by atoms with van der Waals surface area (Å²) in [6.45, 7) is 0.416. The highest BCUT2D eigenvalue weighted by Crippen LogP contribution is 2.20. The molecule has 0 saturated carbocycles. The summed E-state index contributed by atoms with van der Waals surface area (Å²) in [5.41, 5.74) is 13.4. The molecule has 6 heteroatoms. The fourth-order valence-corrected chi connectivity index (χ4v) is 2.72. The largest absolute Gasteiger partial charge is 0.481 e. The average molecular weight is 317 g/mol. The number of ketones is 1. The third kappa shape index (κ3) is 4.40. The van der Waals surface area contributed by atoms with E-state index in [4.69, 9.17) is 11.5 Å². The van der Waals surface area contributed by atoms with Crippen molar-refractivity contribution in [2.75, 3.05) is 6.54 Å². The lowest BCUT2D eigenvalue weighted by Gasteiger charge is -2.15. The number of para-hydroxylation sites is 1. The van der Waals surface area contributed by atoms with E-state index >= 15 is 0 Å². The smallest absolute Gasteiger partial charge is 0.306 e. The van der Waals surface area contributed by atoms with Gasteiger partial charge in [0.25, 0.3) is 0 Å². The van der Waals surface area contributed by atoms with Gasteiger partial charge < -0.3 is 21.6 Å². The quantitative estimate of drug-likeness (QED) is 0.557. The average Bonchev–Trinajstić information content (AvgIpc) is 2.94. The monoisotopic (exact) mass is 317 g/mol. The second-order valence-corrected chi connectivity index (χ2v) is 5.81. The van der Waals surface area contributed by atoms with Gasteiger partial charge >= 0.3 is 5.97 Å². The van der Waals surface area contributed by atoms with E-state index in [0.29, 0.717) is 25.8 Å². The van der Waals surface area contributed by atoms with Crippen LogP contribution in [-0.4, -0.2) is 34.4 Å². The first-order chi connectivity index (χ1) is 11.0. The summed E-state index contributed by atoms with van der Waals surface area (Å²) in [6, 6.07) is 7.09. The van der Waals surface area contributed by atoms with E-state index in [1.807, 2.05) is 30.5 Å². The van der Waals surface area contributed by atoms with Gasteiger partial charge in [-0.15, -0.1) is 0 Å². The van der Waals surface area contributed by atoms with Crippen molar-refractivity contribution in [2.24, 2.45) is 17.4 Å². The standard InChI is InChI=1S/C17H23N3O3/c18-7-3-4-11(17(22)23)9-16(21)14(19)8-12-10-20-15-6-2-1-5-13(12)15/h1-2,5-6,10-11,14,20H,3-4,7-9,18-19H2,(H,22,23)/t11-,14+/m1/s1. The Labute approximate surface area is 134 Å². The highest BCUT2D eigenvalue weighted by Gasteiger charge is 2.24. The number of fused-ring (bicyclic) bond motifs is 1. The van der Waals surface area contributed by atoms with Crippen molar-refractivity contribution in [3.8, 4) is 0 Å². The first kappa shape index (κ1) is 17.2. The Kier molecular flexibility index (Phi) is 5.90. The maximum absolute atomic E-state index is 12.3. The topological polar surface area (TPSA) is 122 Å². The number of hydrogen-bond donors (Lipinski definition) is 4. The zero-order valence-electron chi connectivity index (χ0n) is 13.0. The second kappa shape index (κ2) is 7.89. The normalized spacial score (nSPS) is 13.8. The van der Waals surface area contributed by atoms with Crippen molar-refractivity contribution in [2.45, 2.75) is 31.7 Å². The first-order valence-corrected chi connectivity index (χ1v) is 7.79. The van der Waals surface area contributed by atoms with Crippen LogP contribution in [-0.2, 0) is 16.0 Å². The predicted octanol–water partition coefficient (Wildman–Crippen LogP) is 1.44. The molecule has 0 radical (unpaired) electrons. The third-order valence-corrected chi connectivity index (χ3v) is 4.08. The van der Waals surface area contributed by atoms with Gasteiger partial charge in [0.15, 0.2) is 5.78 Å². The second-order valence-electron chi connectivity index (χ2n) is 5.81. The molecule has 6 nitrogen and oxygen atoms in total. The lowest BCUT2D eigenvalue weighted by Crippen LogP contribution is -2.35. The van der Waals surface area contributed by atoms with E-state index in [9.17, 15) is 14.7 Å². The molecule has 124 valence electrons. The zero-order chi connectivity index (χ0) is 16.8. The van der Waals surface area contributed by atoms with E-state index in [2.05, 4.69) is 4.98 Å². The van der Waals surface area contributed by atoms with Crippen LogP contribution in [0.2, 0.25) is 0 Å². The van der Waals surface area contributed by atoms with E-state index in [1.54, 1.807) is 0 Å². The number of aromatic amines is 1. The highest BCUT2D eigenvalue weighted by atomic mass is 16.4. The number of H-pyrrole nitrogens is 1. The predicted molar refractivity (Wildman–Crippen MR) is 89.0 cm³/mol. The molecule has 1 aromatic heterocycles. The number of nitrogens with one attached hydrogen (secondary N) is 1. The Bertz CT molecular complexity index is 681. The minimum atomic E-state index is -0.967. The molecule has 6 N–H and O–H groups in total. The lowest BCUT2D eigenvalue weighted by atomic mass is 9.92. The Balaban J connectivity index is 2.00. The molecule has 0 aliphatic rings. The summed E-state index contributed by atoms with van der Waals surface area (Å²) in [4.78, 5) is 26.6. The number of carboxylic acids is 1. The van der Waals surface area contributed by atoms with Crippen molar-refractivity contribution in [1.29, 1.82) is 0 Å². The number of hydrogen-bond acceptors (Lipinski definition) is 4. The van der Waals surface area contributed by atoms with Gasteiger partial charge in [0, 0.05) is 23.5 Å². The van der Waals surface area contributed by atoms with E-state index in [0.717, 1.165) is 16.5 Å². The lowest BCUT2D eigenvalue weighted by molar-refractivity contribution is -0.144. The van der Waals surface area contributed by atoms with Crippen molar-refractivity contribution >= 4 is 22.7 Å². The number of aliphatic carboxylic acids is 1. The van der Waals surface area contributed by atoms with Gasteiger partial charge in [0.1, 0.15) is 0 Å². The molecule has 23 heavy (non-hydrogen) atoms. The summed E-state index contributed by atoms with van der Waals surface area (Å²) in [5, 5.41) is 10.2. The summed E-state index contributed by atoms with van der Waals surface area (Å²) >= 11 is 0. The van der Waals surface area contributed by atoms with Crippen LogP contribution >= 0.6 is 0 Å². The molecule has 0 aliphatic carbocycles. The highest BCUT2D eigenvalue weighted by molar-refractivity contribution is 5.89. The van der Waals surface area contributed by atoms with Crippen LogP contribution in [0.5, 0.6) is 0 Å². The molecule has 1 aromatic carbocycles. The number of Topliss-reactive ketones (excluding diaryl/α,β-unsaturated/α-hetero) is 1. The van der Waals surface area contributed by atoms with E-state index in [-0.39, 0.29) is 12.2 Å². The minimum absolute atomic E-state index is 0.0428. The number of carbonyl (C=O) groups excluding carboxylic acids is 1. The minimum Gasteiger partial charge on any atom is -0.481 e. The summed E-state index contributed by atoms with van der Waals surface area (Å²) in [6.07, 6.45) is 3.19. The van der Waals surface area contributed by atoms with Crippen molar-refractivity contribution < 1.29 is 14.7 Å². The van der Waals surface area contributed by atoms with Gasteiger partial charge in [-0.1, -0.05) is 18.2 Å². The van der Waals surface area contributed by atoms with Crippen LogP contribution in [0.4, 0.5) is 0 Å². The van der Waals surface area contributed by atoms with Gasteiger partial charge in [0.05, 0.1) is 12.0 Å². The van der Waals surface area contributed by atoms with Gasteiger partial charge in [-0.3, -0.25) is 9.59 Å². The van der Waals surface area contributed by atoms with Gasteiger partial charge in [0.2, 0.25) is 0 Å². The van der Waals surface area contributed by atoms with Crippen LogP contribution in [0.25, 0.3) is 10.9 Å². The maximum Gasteiger partial charge on any atom is 0.306 e. The molecule has 1 heterocycles. The number of benzene rings is 1. The Morgan fingerprint density at radius 1 is 1.26 bits per heavy atom. The molecule has 0 aliphatic heterocycles. The molecular formula is C17H23N3O3. The molecule has 0 spiro atoms. The van der Waals surface area contributed by atoms with E-state index < -0.39 is 17.9 Å². The number of aromatic nitrogens is 1. The zero-order valence-corrected chi connectivity index (χ0v) is 13.0. The summed E-state index contributed by atoms with van der Waals surface area (Å²) in [7, 11) is 0. The van der Waals surface area contributed by atoms with Crippen LogP contribution in [0.3, 0.4) is 0 Å². The van der Waals surface area contributed by atoms with Gasteiger partial charge in [-0.25, -0.2) is 0 Å². The SMILES string of the molecule is NCCC[C@H](CC(=O)[C@@H](N)Cc1c[nH]c2ccccc12)C(=O)O. The molecule has 0 unspecified atom stereocenters. The number of carbonyl (C=O) groups is 2. The maximum atomic E-state index is 12.3. The molecule has 2 atom stereocenters. The van der Waals surface area contributed by atoms with Crippen LogP contribution in [0, 0.1) is 5.92 Å². The molecular weight excluding hydrogens is 294 g/mol. The Morgan fingerprint density at radius 2 is 2.00 bits per heavy atom. The Hall–Kier alpha value is -2.18. The van der Waals surface area contributed by atoms with Crippen molar-refractivity contribution in [3.05, 3.63) is 36.0 Å². The number of carboxylic acid groups (broad SMARTS) is 1. The third-order valence-electron chi connectivity index (χ3n) is 4.08. The molecule has 0 fully saturated rings. The Morgan fingerprint density at radius 3 is 2.70 bits per heavy atom. The van der Waals surface area contributed by atoms with Crippen LogP contribution in [0.15, 0.2) is 30.5 Å². The van der Waals surface area contributed by atoms with E-state index in [1.165, 1.54) is 0 Å². The molecule has 0 amide bonds. The summed E-state index contributed by atoms with van der Waals surface area (Å²) < 4.78 is 0. The number of nitrogens with two attached hydrogens (primary N) is 2.